The van der Waals surface area contributed by atoms with Gasteiger partial charge < -0.3 is 0 Å². The largest absolute Gasteiger partial charge is 0.277 e. The van der Waals surface area contributed by atoms with E-state index in [0.717, 1.165) is 28.0 Å². The summed E-state index contributed by atoms with van der Waals surface area (Å²) in [6.45, 7) is 0. The summed E-state index contributed by atoms with van der Waals surface area (Å²) in [6.07, 6.45) is 3.57. The van der Waals surface area contributed by atoms with Crippen molar-refractivity contribution in [3.8, 4) is 22.5 Å². The maximum atomic E-state index is 4.35. The molecule has 5 heteroatoms. The molecule has 4 nitrogen and oxygen atoms in total. The minimum atomic E-state index is 0.895. The van der Waals surface area contributed by atoms with Crippen LogP contribution in [0.25, 0.3) is 32.7 Å². The van der Waals surface area contributed by atoms with Crippen molar-refractivity contribution in [2.45, 2.75) is 0 Å². The second-order valence-corrected chi connectivity index (χ2v) is 5.33. The van der Waals surface area contributed by atoms with Gasteiger partial charge in [-0.1, -0.05) is 6.07 Å². The van der Waals surface area contributed by atoms with Crippen molar-refractivity contribution in [1.82, 2.24) is 20.2 Å². The van der Waals surface area contributed by atoms with E-state index in [1.165, 1.54) is 4.70 Å². The first-order valence-electron chi connectivity index (χ1n) is 6.19. The van der Waals surface area contributed by atoms with Crippen LogP contribution in [0.15, 0.2) is 54.3 Å². The van der Waals surface area contributed by atoms with Crippen LogP contribution in [-0.4, -0.2) is 20.2 Å². The first-order valence-corrected chi connectivity index (χ1v) is 7.07. The first kappa shape index (κ1) is 11.3. The van der Waals surface area contributed by atoms with E-state index in [9.17, 15) is 0 Å². The summed E-state index contributed by atoms with van der Waals surface area (Å²) in [5, 5.41) is 7.42. The van der Waals surface area contributed by atoms with E-state index in [1.807, 2.05) is 29.9 Å². The zero-order valence-electron chi connectivity index (χ0n) is 10.4. The lowest BCUT2D eigenvalue weighted by molar-refractivity contribution is 1.10. The van der Waals surface area contributed by atoms with Crippen LogP contribution in [0.1, 0.15) is 0 Å². The highest BCUT2D eigenvalue weighted by atomic mass is 32.1. The molecule has 0 aliphatic heterocycles. The number of hydrogen-bond donors (Lipinski definition) is 1. The number of fused-ring (bicyclic) bond motifs is 1. The quantitative estimate of drug-likeness (QED) is 0.607. The topological polar surface area (TPSA) is 54.5 Å². The molecule has 1 N–H and O–H groups in total. The van der Waals surface area contributed by atoms with E-state index in [4.69, 9.17) is 0 Å². The molecule has 0 atom stereocenters. The second kappa shape index (κ2) is 4.54. The Labute approximate surface area is 119 Å². The second-order valence-electron chi connectivity index (χ2n) is 4.44. The van der Waals surface area contributed by atoms with Crippen molar-refractivity contribution < 1.29 is 0 Å². The number of H-pyrrole nitrogens is 1. The van der Waals surface area contributed by atoms with Crippen LogP contribution in [0.2, 0.25) is 0 Å². The zero-order valence-corrected chi connectivity index (χ0v) is 11.3. The van der Waals surface area contributed by atoms with Gasteiger partial charge in [0.2, 0.25) is 0 Å². The van der Waals surface area contributed by atoms with Gasteiger partial charge in [0.1, 0.15) is 0 Å². The van der Waals surface area contributed by atoms with E-state index in [1.54, 1.807) is 17.5 Å². The molecule has 96 valence electrons. The summed E-state index contributed by atoms with van der Waals surface area (Å²) < 4.78 is 1.20. The van der Waals surface area contributed by atoms with Crippen LogP contribution >= 0.6 is 11.3 Å². The Morgan fingerprint density at radius 3 is 2.95 bits per heavy atom. The van der Waals surface area contributed by atoms with Gasteiger partial charge in [-0.15, -0.1) is 11.3 Å². The molecule has 4 rings (SSSR count). The number of rotatable bonds is 2. The van der Waals surface area contributed by atoms with E-state index in [-0.39, 0.29) is 0 Å². The molecule has 0 saturated carbocycles. The van der Waals surface area contributed by atoms with Gasteiger partial charge >= 0.3 is 0 Å². The summed E-state index contributed by atoms with van der Waals surface area (Å²) in [4.78, 5) is 8.46. The Morgan fingerprint density at radius 1 is 1.05 bits per heavy atom. The Morgan fingerprint density at radius 2 is 2.05 bits per heavy atom. The fourth-order valence-electron chi connectivity index (χ4n) is 2.16. The number of hydrogen-bond acceptors (Lipinski definition) is 4. The van der Waals surface area contributed by atoms with Crippen molar-refractivity contribution in [2.24, 2.45) is 0 Å². The SMILES string of the molecule is c1cncc(-c2cc(-c3ccc4scnc4c3)[nH]n2)c1. The molecule has 3 aromatic heterocycles. The summed E-state index contributed by atoms with van der Waals surface area (Å²) >= 11 is 1.65. The highest BCUT2D eigenvalue weighted by Crippen LogP contribution is 2.27. The van der Waals surface area contributed by atoms with E-state index >= 15 is 0 Å². The van der Waals surface area contributed by atoms with Crippen molar-refractivity contribution >= 4 is 21.6 Å². The number of aromatic amines is 1. The van der Waals surface area contributed by atoms with Crippen molar-refractivity contribution in [1.29, 1.82) is 0 Å². The van der Waals surface area contributed by atoms with E-state index in [2.05, 4.69) is 38.4 Å². The molecule has 4 aromatic rings. The van der Waals surface area contributed by atoms with Gasteiger partial charge in [-0.2, -0.15) is 5.10 Å². The minimum absolute atomic E-state index is 0.895. The summed E-state index contributed by atoms with van der Waals surface area (Å²) in [7, 11) is 0. The van der Waals surface area contributed by atoms with E-state index in [0.29, 0.717) is 0 Å². The Hall–Kier alpha value is -2.53. The number of nitrogens with one attached hydrogen (secondary N) is 1. The zero-order chi connectivity index (χ0) is 13.4. The minimum Gasteiger partial charge on any atom is -0.277 e. The Kier molecular flexibility index (Phi) is 2.57. The molecule has 0 fully saturated rings. The van der Waals surface area contributed by atoms with Crippen LogP contribution < -0.4 is 0 Å². The smallest absolute Gasteiger partial charge is 0.0942 e. The maximum Gasteiger partial charge on any atom is 0.0942 e. The van der Waals surface area contributed by atoms with Gasteiger partial charge in [-0.05, 0) is 30.3 Å². The molecule has 3 heterocycles. The lowest BCUT2D eigenvalue weighted by Gasteiger charge is -1.96. The molecule has 20 heavy (non-hydrogen) atoms. The van der Waals surface area contributed by atoms with Crippen LogP contribution in [0.3, 0.4) is 0 Å². The number of nitrogens with zero attached hydrogens (tertiary/aromatic N) is 3. The lowest BCUT2D eigenvalue weighted by atomic mass is 10.1. The lowest BCUT2D eigenvalue weighted by Crippen LogP contribution is -1.78. The summed E-state index contributed by atoms with van der Waals surface area (Å²) in [5.74, 6) is 0. The van der Waals surface area contributed by atoms with Gasteiger partial charge in [-0.3, -0.25) is 10.1 Å². The molecule has 0 aliphatic carbocycles. The van der Waals surface area contributed by atoms with E-state index < -0.39 is 0 Å². The number of pyridine rings is 1. The average molecular weight is 278 g/mol. The molecule has 0 saturated heterocycles. The third-order valence-corrected chi connectivity index (χ3v) is 3.99. The molecule has 0 amide bonds. The van der Waals surface area contributed by atoms with Gasteiger partial charge in [0.05, 0.1) is 27.1 Å². The van der Waals surface area contributed by atoms with Crippen LogP contribution in [0.5, 0.6) is 0 Å². The third-order valence-electron chi connectivity index (χ3n) is 3.18. The summed E-state index contributed by atoms with van der Waals surface area (Å²) in [6, 6.07) is 12.2. The van der Waals surface area contributed by atoms with Gasteiger partial charge in [0.15, 0.2) is 0 Å². The van der Waals surface area contributed by atoms with Gasteiger partial charge in [0, 0.05) is 23.5 Å². The monoisotopic (exact) mass is 278 g/mol. The summed E-state index contributed by atoms with van der Waals surface area (Å²) in [5.41, 5.74) is 6.86. The molecule has 0 unspecified atom stereocenters. The molecular weight excluding hydrogens is 268 g/mol. The van der Waals surface area contributed by atoms with Crippen LogP contribution in [0, 0.1) is 0 Å². The fraction of sp³-hybridized carbons (Fsp3) is 0. The molecular formula is C15H10N4S. The van der Waals surface area contributed by atoms with Gasteiger partial charge in [-0.25, -0.2) is 4.98 Å². The van der Waals surface area contributed by atoms with Gasteiger partial charge in [0.25, 0.3) is 0 Å². The molecule has 0 spiro atoms. The van der Waals surface area contributed by atoms with Crippen LogP contribution in [0.4, 0.5) is 0 Å². The van der Waals surface area contributed by atoms with Crippen LogP contribution in [-0.2, 0) is 0 Å². The van der Waals surface area contributed by atoms with Crippen molar-refractivity contribution in [3.63, 3.8) is 0 Å². The highest BCUT2D eigenvalue weighted by molar-refractivity contribution is 7.16. The molecule has 0 bridgehead atoms. The Balaban J connectivity index is 1.77. The normalized spacial score (nSPS) is 11.0. The first-order chi connectivity index (χ1) is 9.90. The fourth-order valence-corrected chi connectivity index (χ4v) is 2.82. The maximum absolute atomic E-state index is 4.35. The van der Waals surface area contributed by atoms with Crippen molar-refractivity contribution in [2.75, 3.05) is 0 Å². The predicted octanol–water partition coefficient (Wildman–Crippen LogP) is 3.75. The molecule has 0 aliphatic rings. The standard InChI is InChI=1S/C15H10N4S/c1-2-11(8-16-5-1)13-7-12(18-19-13)10-3-4-15-14(6-10)17-9-20-15/h1-9H,(H,18,19). The number of aromatic nitrogens is 4. The third kappa shape index (κ3) is 1.88. The molecule has 1 aromatic carbocycles. The van der Waals surface area contributed by atoms with Crippen molar-refractivity contribution in [3.05, 3.63) is 54.3 Å². The average Bonchev–Trinajstić information content (AvgIpc) is 3.16. The highest BCUT2D eigenvalue weighted by Gasteiger charge is 2.07. The Bertz CT molecular complexity index is 864. The number of benzene rings is 1. The molecule has 0 radical (unpaired) electrons. The number of thiazole rings is 1. The predicted molar refractivity (Wildman–Crippen MR) is 80.4 cm³/mol.